The molecule has 7 heteroatoms. The van der Waals surface area contributed by atoms with E-state index in [1.807, 2.05) is 44.4 Å². The summed E-state index contributed by atoms with van der Waals surface area (Å²) in [5.41, 5.74) is 2.68. The van der Waals surface area contributed by atoms with Gasteiger partial charge in [0.05, 0.1) is 11.9 Å². The summed E-state index contributed by atoms with van der Waals surface area (Å²) >= 11 is 0. The van der Waals surface area contributed by atoms with E-state index in [1.165, 1.54) is 0 Å². The fourth-order valence-electron chi connectivity index (χ4n) is 4.12. The summed E-state index contributed by atoms with van der Waals surface area (Å²) in [6.07, 6.45) is 5.88. The molecule has 0 aliphatic carbocycles. The Morgan fingerprint density at radius 3 is 2.55 bits per heavy atom. The topological polar surface area (TPSA) is 81.1 Å². The lowest BCUT2D eigenvalue weighted by molar-refractivity contribution is 0.102. The van der Waals surface area contributed by atoms with Crippen molar-refractivity contribution in [3.8, 4) is 17.0 Å². The number of nitrogens with one attached hydrogen (secondary N) is 2. The Labute approximate surface area is 192 Å². The molecule has 1 fully saturated rings. The number of benzene rings is 2. The molecule has 4 aromatic rings. The van der Waals surface area contributed by atoms with Gasteiger partial charge in [0, 0.05) is 29.8 Å². The molecule has 33 heavy (non-hydrogen) atoms. The number of carbonyl (C=O) groups is 1. The van der Waals surface area contributed by atoms with E-state index in [0.29, 0.717) is 11.4 Å². The SMILES string of the molecule is Cc1ncc(-c2ccc3cnc(NC(=O)c4ccc(OC5CCNCC5)cc4)cc3c2)n1C. The van der Waals surface area contributed by atoms with Gasteiger partial charge >= 0.3 is 0 Å². The molecule has 3 heterocycles. The van der Waals surface area contributed by atoms with Gasteiger partial charge in [0.2, 0.25) is 0 Å². The number of fused-ring (bicyclic) bond motifs is 1. The van der Waals surface area contributed by atoms with Crippen molar-refractivity contribution < 1.29 is 9.53 Å². The minimum absolute atomic E-state index is 0.200. The number of hydrogen-bond acceptors (Lipinski definition) is 5. The van der Waals surface area contributed by atoms with E-state index in [1.54, 1.807) is 18.3 Å². The Morgan fingerprint density at radius 1 is 1.03 bits per heavy atom. The summed E-state index contributed by atoms with van der Waals surface area (Å²) in [5.74, 6) is 2.06. The van der Waals surface area contributed by atoms with Gasteiger partial charge in [-0.25, -0.2) is 9.97 Å². The van der Waals surface area contributed by atoms with E-state index in [0.717, 1.165) is 59.5 Å². The van der Waals surface area contributed by atoms with E-state index >= 15 is 0 Å². The third kappa shape index (κ3) is 4.59. The quantitative estimate of drug-likeness (QED) is 0.482. The third-order valence-electron chi connectivity index (χ3n) is 6.18. The molecule has 2 aromatic heterocycles. The standard InChI is InChI=1S/C26H27N5O2/c1-17-28-16-24(31(17)2)19-3-4-20-15-29-25(14-21(20)13-19)30-26(32)18-5-7-22(8-6-18)33-23-9-11-27-12-10-23/h3-8,13-16,23,27H,9-12H2,1-2H3,(H,29,30,32). The van der Waals surface area contributed by atoms with Crippen molar-refractivity contribution >= 4 is 22.5 Å². The van der Waals surface area contributed by atoms with E-state index in [4.69, 9.17) is 4.74 Å². The average Bonchev–Trinajstić information content (AvgIpc) is 3.18. The van der Waals surface area contributed by atoms with Crippen molar-refractivity contribution in [1.29, 1.82) is 0 Å². The number of piperidine rings is 1. The van der Waals surface area contributed by atoms with Crippen molar-refractivity contribution in [3.63, 3.8) is 0 Å². The molecule has 0 bridgehead atoms. The highest BCUT2D eigenvalue weighted by Gasteiger charge is 2.15. The number of ether oxygens (including phenoxy) is 1. The normalized spacial score (nSPS) is 14.4. The third-order valence-corrected chi connectivity index (χ3v) is 6.18. The van der Waals surface area contributed by atoms with Crippen LogP contribution < -0.4 is 15.4 Å². The van der Waals surface area contributed by atoms with Crippen molar-refractivity contribution in [1.82, 2.24) is 19.9 Å². The molecule has 7 nitrogen and oxygen atoms in total. The molecule has 0 unspecified atom stereocenters. The predicted molar refractivity (Wildman–Crippen MR) is 130 cm³/mol. The minimum Gasteiger partial charge on any atom is -0.490 e. The van der Waals surface area contributed by atoms with Crippen LogP contribution in [0.15, 0.2) is 60.9 Å². The molecule has 1 amide bonds. The molecule has 0 atom stereocenters. The first kappa shape index (κ1) is 21.2. The summed E-state index contributed by atoms with van der Waals surface area (Å²) in [7, 11) is 2.00. The number of imidazole rings is 1. The molecule has 2 aromatic carbocycles. The fourth-order valence-corrected chi connectivity index (χ4v) is 4.12. The van der Waals surface area contributed by atoms with Crippen LogP contribution in [0.4, 0.5) is 5.82 Å². The zero-order chi connectivity index (χ0) is 22.8. The molecule has 0 spiro atoms. The largest absolute Gasteiger partial charge is 0.490 e. The zero-order valence-corrected chi connectivity index (χ0v) is 18.8. The average molecular weight is 442 g/mol. The van der Waals surface area contributed by atoms with E-state index < -0.39 is 0 Å². The number of aromatic nitrogens is 3. The van der Waals surface area contributed by atoms with Gasteiger partial charge in [-0.3, -0.25) is 4.79 Å². The molecule has 1 saturated heterocycles. The molecule has 168 valence electrons. The van der Waals surface area contributed by atoms with Crippen LogP contribution in [0, 0.1) is 6.92 Å². The lowest BCUT2D eigenvalue weighted by atomic mass is 10.1. The predicted octanol–water partition coefficient (Wildman–Crippen LogP) is 4.33. The van der Waals surface area contributed by atoms with Gasteiger partial charge < -0.3 is 19.9 Å². The van der Waals surface area contributed by atoms with Gasteiger partial charge in [-0.05, 0) is 74.6 Å². The van der Waals surface area contributed by atoms with E-state index in [9.17, 15) is 4.79 Å². The van der Waals surface area contributed by atoms with Gasteiger partial charge in [0.1, 0.15) is 23.5 Å². The molecule has 2 N–H and O–H groups in total. The summed E-state index contributed by atoms with van der Waals surface area (Å²) in [6, 6.07) is 15.4. The first-order valence-corrected chi connectivity index (χ1v) is 11.2. The Balaban J connectivity index is 1.30. The maximum atomic E-state index is 12.8. The first-order valence-electron chi connectivity index (χ1n) is 11.2. The monoisotopic (exact) mass is 441 g/mol. The summed E-state index contributed by atoms with van der Waals surface area (Å²) in [4.78, 5) is 21.6. The number of nitrogens with zero attached hydrogens (tertiary/aromatic N) is 3. The minimum atomic E-state index is -0.200. The van der Waals surface area contributed by atoms with Crippen LogP contribution in [0.2, 0.25) is 0 Å². The molecular formula is C26H27N5O2. The lowest BCUT2D eigenvalue weighted by Crippen LogP contribution is -2.34. The van der Waals surface area contributed by atoms with Gasteiger partial charge in [0.25, 0.3) is 5.91 Å². The molecule has 1 aliphatic rings. The second-order valence-electron chi connectivity index (χ2n) is 8.43. The molecule has 0 saturated carbocycles. The maximum absolute atomic E-state index is 12.8. The number of aryl methyl sites for hydroxylation is 1. The highest BCUT2D eigenvalue weighted by Crippen LogP contribution is 2.26. The van der Waals surface area contributed by atoms with Crippen molar-refractivity contribution in [2.75, 3.05) is 18.4 Å². The summed E-state index contributed by atoms with van der Waals surface area (Å²) in [6.45, 7) is 3.94. The Bertz CT molecular complexity index is 1290. The molecule has 5 rings (SSSR count). The Morgan fingerprint density at radius 2 is 1.82 bits per heavy atom. The lowest BCUT2D eigenvalue weighted by Gasteiger charge is -2.23. The van der Waals surface area contributed by atoms with Gasteiger partial charge in [-0.2, -0.15) is 0 Å². The number of amides is 1. The smallest absolute Gasteiger partial charge is 0.256 e. The maximum Gasteiger partial charge on any atom is 0.256 e. The molecule has 0 radical (unpaired) electrons. The van der Waals surface area contributed by atoms with Crippen LogP contribution in [0.1, 0.15) is 29.0 Å². The van der Waals surface area contributed by atoms with Crippen molar-refractivity contribution in [3.05, 3.63) is 72.3 Å². The van der Waals surface area contributed by atoms with Crippen LogP contribution in [0.3, 0.4) is 0 Å². The van der Waals surface area contributed by atoms with Crippen LogP contribution in [-0.4, -0.2) is 39.6 Å². The first-order chi connectivity index (χ1) is 16.1. The van der Waals surface area contributed by atoms with Crippen molar-refractivity contribution in [2.45, 2.75) is 25.9 Å². The van der Waals surface area contributed by atoms with Gasteiger partial charge in [-0.15, -0.1) is 0 Å². The number of anilines is 1. The highest BCUT2D eigenvalue weighted by molar-refractivity contribution is 6.04. The summed E-state index contributed by atoms with van der Waals surface area (Å²) in [5, 5.41) is 8.25. The van der Waals surface area contributed by atoms with Gasteiger partial charge in [0.15, 0.2) is 0 Å². The molecular weight excluding hydrogens is 414 g/mol. The van der Waals surface area contributed by atoms with Crippen LogP contribution in [0.5, 0.6) is 5.75 Å². The van der Waals surface area contributed by atoms with Crippen LogP contribution in [-0.2, 0) is 7.05 Å². The number of carbonyl (C=O) groups excluding carboxylic acids is 1. The summed E-state index contributed by atoms with van der Waals surface area (Å²) < 4.78 is 8.08. The fraction of sp³-hybridized carbons (Fsp3) is 0.269. The van der Waals surface area contributed by atoms with E-state index in [-0.39, 0.29) is 12.0 Å². The van der Waals surface area contributed by atoms with Crippen molar-refractivity contribution in [2.24, 2.45) is 7.05 Å². The van der Waals surface area contributed by atoms with Gasteiger partial charge in [-0.1, -0.05) is 12.1 Å². The van der Waals surface area contributed by atoms with Crippen LogP contribution in [0.25, 0.3) is 22.0 Å². The number of pyridine rings is 1. The highest BCUT2D eigenvalue weighted by atomic mass is 16.5. The second-order valence-corrected chi connectivity index (χ2v) is 8.43. The number of rotatable bonds is 5. The molecule has 1 aliphatic heterocycles. The Kier molecular flexibility index (Phi) is 5.79. The zero-order valence-electron chi connectivity index (χ0n) is 18.8. The number of hydrogen-bond donors (Lipinski definition) is 2. The van der Waals surface area contributed by atoms with E-state index in [2.05, 4.69) is 37.3 Å². The van der Waals surface area contributed by atoms with Crippen LogP contribution >= 0.6 is 0 Å². The Hall–Kier alpha value is -3.71. The second kappa shape index (κ2) is 9.03.